The van der Waals surface area contributed by atoms with E-state index in [-0.39, 0.29) is 42.2 Å². The zero-order chi connectivity index (χ0) is 15.0. The number of aliphatic hydroxyl groups is 1. The predicted molar refractivity (Wildman–Crippen MR) is 72.2 cm³/mol. The Hall–Kier alpha value is -2.28. The van der Waals surface area contributed by atoms with Crippen LogP contribution in [0.5, 0.6) is 11.5 Å². The van der Waals surface area contributed by atoms with Crippen LogP contribution >= 0.6 is 0 Å². The fraction of sp³-hybridized carbons (Fsp3) is 0.429. The molecule has 21 heavy (non-hydrogen) atoms. The molecule has 0 radical (unpaired) electrons. The highest BCUT2D eigenvalue weighted by Crippen LogP contribution is 2.36. The molecule has 1 aromatic rings. The number of aromatic hydroxyl groups is 1. The number of nitrogens with one attached hydrogen (secondary N) is 1. The number of fused-ring (bicyclic) bond motifs is 2. The summed E-state index contributed by atoms with van der Waals surface area (Å²) in [6.45, 7) is 0.539. The molecule has 0 aromatic heterocycles. The van der Waals surface area contributed by atoms with E-state index in [4.69, 9.17) is 9.84 Å². The minimum Gasteiger partial charge on any atom is -0.507 e. The van der Waals surface area contributed by atoms with Crippen LogP contribution in [0, 0.1) is 0 Å². The Morgan fingerprint density at radius 2 is 2.29 bits per heavy atom. The average Bonchev–Trinajstić information content (AvgIpc) is 2.94. The lowest BCUT2D eigenvalue weighted by Crippen LogP contribution is -2.43. The van der Waals surface area contributed by atoms with Gasteiger partial charge in [-0.25, -0.2) is 0 Å². The van der Waals surface area contributed by atoms with Crippen LogP contribution in [-0.2, 0) is 0 Å². The van der Waals surface area contributed by atoms with E-state index in [1.165, 1.54) is 12.1 Å². The van der Waals surface area contributed by atoms with E-state index in [0.29, 0.717) is 12.3 Å². The quantitative estimate of drug-likeness (QED) is 0.732. The maximum Gasteiger partial charge on any atom is 0.260 e. The number of benzene rings is 1. The van der Waals surface area contributed by atoms with Crippen LogP contribution < -0.4 is 10.1 Å². The SMILES string of the molecule is O=C(NCCO)c1cc2c(cc1O)C(=O)N1CCCC1O2. The van der Waals surface area contributed by atoms with Crippen molar-refractivity contribution in [2.45, 2.75) is 19.1 Å². The number of carbonyl (C=O) groups excluding carboxylic acids is 2. The second-order valence-corrected chi connectivity index (χ2v) is 5.06. The topological polar surface area (TPSA) is 99.1 Å². The molecule has 2 aliphatic heterocycles. The fourth-order valence-electron chi connectivity index (χ4n) is 2.67. The van der Waals surface area contributed by atoms with Crippen molar-refractivity contribution in [3.05, 3.63) is 23.3 Å². The van der Waals surface area contributed by atoms with Gasteiger partial charge in [-0.15, -0.1) is 0 Å². The van der Waals surface area contributed by atoms with Crippen LogP contribution in [0.4, 0.5) is 0 Å². The normalized spacial score (nSPS) is 19.8. The summed E-state index contributed by atoms with van der Waals surface area (Å²) in [6, 6.07) is 2.64. The first kappa shape index (κ1) is 13.7. The lowest BCUT2D eigenvalue weighted by molar-refractivity contribution is 0.0292. The van der Waals surface area contributed by atoms with Gasteiger partial charge < -0.3 is 25.2 Å². The summed E-state index contributed by atoms with van der Waals surface area (Å²) >= 11 is 0. The predicted octanol–water partition coefficient (Wildman–Crippen LogP) is 0.0688. The van der Waals surface area contributed by atoms with Crippen LogP contribution in [0.3, 0.4) is 0 Å². The van der Waals surface area contributed by atoms with Crippen LogP contribution in [0.2, 0.25) is 0 Å². The average molecular weight is 292 g/mol. The molecule has 0 aliphatic carbocycles. The van der Waals surface area contributed by atoms with Gasteiger partial charge in [0.05, 0.1) is 17.7 Å². The Kier molecular flexibility index (Phi) is 3.42. The maximum absolute atomic E-state index is 12.3. The molecule has 1 aromatic carbocycles. The largest absolute Gasteiger partial charge is 0.507 e. The number of carbonyl (C=O) groups is 2. The van der Waals surface area contributed by atoms with Gasteiger partial charge in [0.2, 0.25) is 0 Å². The molecular weight excluding hydrogens is 276 g/mol. The van der Waals surface area contributed by atoms with Crippen LogP contribution in [-0.4, -0.2) is 52.9 Å². The molecule has 0 spiro atoms. The third-order valence-corrected chi connectivity index (χ3v) is 3.69. The van der Waals surface area contributed by atoms with Crippen molar-refractivity contribution in [1.82, 2.24) is 10.2 Å². The number of phenolic OH excluding ortho intramolecular Hbond substituents is 1. The zero-order valence-electron chi connectivity index (χ0n) is 11.3. The van der Waals surface area contributed by atoms with Crippen molar-refractivity contribution < 1.29 is 24.5 Å². The minimum absolute atomic E-state index is 0.0291. The van der Waals surface area contributed by atoms with Crippen molar-refractivity contribution in [3.63, 3.8) is 0 Å². The molecule has 2 amide bonds. The Balaban J connectivity index is 1.94. The van der Waals surface area contributed by atoms with Crippen molar-refractivity contribution in [1.29, 1.82) is 0 Å². The summed E-state index contributed by atoms with van der Waals surface area (Å²) in [5, 5.41) is 21.1. The van der Waals surface area contributed by atoms with Gasteiger partial charge in [0.15, 0.2) is 6.23 Å². The third kappa shape index (κ3) is 2.29. The molecule has 1 atom stereocenters. The van der Waals surface area contributed by atoms with E-state index >= 15 is 0 Å². The maximum atomic E-state index is 12.3. The van der Waals surface area contributed by atoms with Gasteiger partial charge in [-0.05, 0) is 18.6 Å². The van der Waals surface area contributed by atoms with E-state index in [0.717, 1.165) is 12.8 Å². The van der Waals surface area contributed by atoms with E-state index in [1.54, 1.807) is 4.90 Å². The van der Waals surface area contributed by atoms with Gasteiger partial charge in [-0.1, -0.05) is 0 Å². The summed E-state index contributed by atoms with van der Waals surface area (Å²) in [5.74, 6) is -0.667. The second kappa shape index (κ2) is 5.25. The van der Waals surface area contributed by atoms with E-state index in [1.807, 2.05) is 0 Å². The molecular formula is C14H16N2O5. The number of nitrogens with zero attached hydrogens (tertiary/aromatic N) is 1. The lowest BCUT2D eigenvalue weighted by atomic mass is 10.1. The number of ether oxygens (including phenoxy) is 1. The van der Waals surface area contributed by atoms with Crippen molar-refractivity contribution >= 4 is 11.8 Å². The van der Waals surface area contributed by atoms with Crippen LogP contribution in [0.15, 0.2) is 12.1 Å². The van der Waals surface area contributed by atoms with Gasteiger partial charge in [0.25, 0.3) is 11.8 Å². The molecule has 0 bridgehead atoms. The molecule has 7 nitrogen and oxygen atoms in total. The highest BCUT2D eigenvalue weighted by Gasteiger charge is 2.37. The number of phenols is 1. The summed E-state index contributed by atoms with van der Waals surface area (Å²) in [7, 11) is 0. The van der Waals surface area contributed by atoms with E-state index < -0.39 is 5.91 Å². The molecule has 1 fully saturated rings. The molecule has 2 heterocycles. The van der Waals surface area contributed by atoms with E-state index in [2.05, 4.69) is 5.32 Å². The van der Waals surface area contributed by atoms with Crippen molar-refractivity contribution in [2.75, 3.05) is 19.7 Å². The van der Waals surface area contributed by atoms with E-state index in [9.17, 15) is 14.7 Å². The summed E-state index contributed by atoms with van der Waals surface area (Å²) in [4.78, 5) is 25.8. The first-order chi connectivity index (χ1) is 10.1. The minimum atomic E-state index is -0.519. The number of amides is 2. The summed E-state index contributed by atoms with van der Waals surface area (Å²) in [6.07, 6.45) is 1.35. The van der Waals surface area contributed by atoms with Gasteiger partial charge in [0.1, 0.15) is 11.5 Å². The molecule has 1 saturated heterocycles. The highest BCUT2D eigenvalue weighted by molar-refractivity contribution is 6.03. The lowest BCUT2D eigenvalue weighted by Gasteiger charge is -2.31. The molecule has 112 valence electrons. The summed E-state index contributed by atoms with van der Waals surface area (Å²) < 4.78 is 5.74. The molecule has 1 unspecified atom stereocenters. The molecule has 3 N–H and O–H groups in total. The number of rotatable bonds is 3. The second-order valence-electron chi connectivity index (χ2n) is 5.06. The molecule has 3 rings (SSSR count). The molecule has 7 heteroatoms. The zero-order valence-corrected chi connectivity index (χ0v) is 11.3. The van der Waals surface area contributed by atoms with Gasteiger partial charge in [0, 0.05) is 19.5 Å². The smallest absolute Gasteiger partial charge is 0.260 e. The Bertz CT molecular complexity index is 601. The summed E-state index contributed by atoms with van der Waals surface area (Å²) in [5.41, 5.74) is 0.297. The Labute approximate surface area is 121 Å². The monoisotopic (exact) mass is 292 g/mol. The first-order valence-corrected chi connectivity index (χ1v) is 6.85. The Morgan fingerprint density at radius 1 is 1.48 bits per heavy atom. The van der Waals surface area contributed by atoms with Crippen molar-refractivity contribution in [2.24, 2.45) is 0 Å². The third-order valence-electron chi connectivity index (χ3n) is 3.69. The van der Waals surface area contributed by atoms with Gasteiger partial charge >= 0.3 is 0 Å². The molecule has 2 aliphatic rings. The first-order valence-electron chi connectivity index (χ1n) is 6.85. The van der Waals surface area contributed by atoms with Crippen LogP contribution in [0.1, 0.15) is 33.6 Å². The Morgan fingerprint density at radius 3 is 3.05 bits per heavy atom. The number of hydrogen-bond donors (Lipinski definition) is 3. The van der Waals surface area contributed by atoms with Crippen molar-refractivity contribution in [3.8, 4) is 11.5 Å². The highest BCUT2D eigenvalue weighted by atomic mass is 16.5. The fourth-order valence-corrected chi connectivity index (χ4v) is 2.67. The van der Waals surface area contributed by atoms with Gasteiger partial charge in [-0.3, -0.25) is 9.59 Å². The standard InChI is InChI=1S/C14H16N2O5/c17-5-3-15-13(19)8-7-11-9(6-10(8)18)14(20)16-4-1-2-12(16)21-11/h6-7,12,17-18H,1-5H2,(H,15,19). The van der Waals surface area contributed by atoms with Gasteiger partial charge in [-0.2, -0.15) is 0 Å². The number of hydrogen-bond acceptors (Lipinski definition) is 5. The molecule has 0 saturated carbocycles. The van der Waals surface area contributed by atoms with Crippen LogP contribution in [0.25, 0.3) is 0 Å². The number of aliphatic hydroxyl groups excluding tert-OH is 1.